The quantitative estimate of drug-likeness (QED) is 0.738. The fraction of sp³-hybridized carbons (Fsp3) is 0.238. The van der Waals surface area contributed by atoms with Gasteiger partial charge in [-0.15, -0.1) is 0 Å². The van der Waals surface area contributed by atoms with Gasteiger partial charge in [-0.2, -0.15) is 0 Å². The van der Waals surface area contributed by atoms with Crippen molar-refractivity contribution in [3.63, 3.8) is 0 Å². The van der Waals surface area contributed by atoms with Gasteiger partial charge in [-0.3, -0.25) is 14.6 Å². The van der Waals surface area contributed by atoms with Gasteiger partial charge < -0.3 is 14.6 Å². The van der Waals surface area contributed by atoms with Gasteiger partial charge in [-0.25, -0.2) is 4.98 Å². The zero-order chi connectivity index (χ0) is 20.3. The van der Waals surface area contributed by atoms with Crippen LogP contribution >= 0.6 is 0 Å². The van der Waals surface area contributed by atoms with Crippen molar-refractivity contribution in [2.45, 2.75) is 27.3 Å². The molecule has 0 saturated heterocycles. The first kappa shape index (κ1) is 19.3. The molecule has 3 heterocycles. The smallest absolute Gasteiger partial charge is 0.263 e. The molecule has 0 spiro atoms. The number of carbonyl (C=O) groups is 1. The zero-order valence-corrected chi connectivity index (χ0v) is 16.3. The van der Waals surface area contributed by atoms with E-state index in [1.54, 1.807) is 37.6 Å². The molecule has 3 aromatic heterocycles. The van der Waals surface area contributed by atoms with Gasteiger partial charge in [0.25, 0.3) is 11.5 Å². The summed E-state index contributed by atoms with van der Waals surface area (Å²) in [6.45, 7) is 5.78. The minimum absolute atomic E-state index is 0.111. The molecule has 0 aromatic carbocycles. The lowest BCUT2D eigenvalue weighted by Gasteiger charge is -2.12. The van der Waals surface area contributed by atoms with Gasteiger partial charge in [-0.05, 0) is 50.6 Å². The van der Waals surface area contributed by atoms with Gasteiger partial charge in [-0.1, -0.05) is 6.07 Å². The highest BCUT2D eigenvalue weighted by Gasteiger charge is 2.15. The molecule has 0 aliphatic rings. The molecule has 0 aliphatic heterocycles. The molecule has 3 rings (SSSR count). The Morgan fingerprint density at radius 2 is 1.96 bits per heavy atom. The van der Waals surface area contributed by atoms with Crippen LogP contribution in [-0.4, -0.2) is 20.4 Å². The van der Waals surface area contributed by atoms with Crippen molar-refractivity contribution < 1.29 is 9.53 Å². The molecule has 0 bridgehead atoms. The van der Waals surface area contributed by atoms with Crippen LogP contribution in [0.15, 0.2) is 47.5 Å². The Labute approximate surface area is 163 Å². The standard InChI is InChI=1S/C21H22N4O3/c1-13-10-18(21(27)25(4)15(13)3)19(26)24-11-16-6-5-9-22-20(16)28-17-8-7-14(2)23-12-17/h5-10,12H,11H2,1-4H3,(H,24,26). The number of amides is 1. The number of hydrogen-bond donors (Lipinski definition) is 1. The van der Waals surface area contributed by atoms with Gasteiger partial charge in [0.2, 0.25) is 5.88 Å². The van der Waals surface area contributed by atoms with Crippen molar-refractivity contribution in [3.8, 4) is 11.6 Å². The summed E-state index contributed by atoms with van der Waals surface area (Å²) < 4.78 is 7.27. The number of rotatable bonds is 5. The molecule has 0 unspecified atom stereocenters. The molecule has 0 fully saturated rings. The van der Waals surface area contributed by atoms with E-state index in [1.165, 1.54) is 4.57 Å². The number of ether oxygens (including phenoxy) is 1. The average molecular weight is 378 g/mol. The Balaban J connectivity index is 1.77. The number of nitrogens with one attached hydrogen (secondary N) is 1. The molecule has 3 aromatic rings. The fourth-order valence-electron chi connectivity index (χ4n) is 2.69. The van der Waals surface area contributed by atoms with Crippen molar-refractivity contribution >= 4 is 5.91 Å². The minimum atomic E-state index is -0.435. The summed E-state index contributed by atoms with van der Waals surface area (Å²) in [6, 6.07) is 8.83. The predicted octanol–water partition coefficient (Wildman–Crippen LogP) is 2.82. The molecular weight excluding hydrogens is 356 g/mol. The lowest BCUT2D eigenvalue weighted by molar-refractivity contribution is 0.0948. The van der Waals surface area contributed by atoms with Crippen LogP contribution in [0.1, 0.15) is 32.9 Å². The van der Waals surface area contributed by atoms with E-state index in [0.29, 0.717) is 17.2 Å². The lowest BCUT2D eigenvalue weighted by Crippen LogP contribution is -2.33. The number of carbonyl (C=O) groups excluding carboxylic acids is 1. The second-order valence-corrected chi connectivity index (χ2v) is 6.58. The maximum Gasteiger partial charge on any atom is 0.263 e. The van der Waals surface area contributed by atoms with E-state index in [4.69, 9.17) is 4.74 Å². The fourth-order valence-corrected chi connectivity index (χ4v) is 2.69. The van der Waals surface area contributed by atoms with Crippen LogP contribution in [0.5, 0.6) is 11.6 Å². The Morgan fingerprint density at radius 3 is 2.68 bits per heavy atom. The van der Waals surface area contributed by atoms with Crippen molar-refractivity contribution in [1.29, 1.82) is 0 Å². The van der Waals surface area contributed by atoms with E-state index in [-0.39, 0.29) is 17.7 Å². The molecule has 0 aliphatic carbocycles. The summed E-state index contributed by atoms with van der Waals surface area (Å²) in [5.41, 5.74) is 3.07. The van der Waals surface area contributed by atoms with Gasteiger partial charge in [0.1, 0.15) is 11.3 Å². The maximum atomic E-state index is 12.6. The number of hydrogen-bond acceptors (Lipinski definition) is 5. The number of aromatic nitrogens is 3. The summed E-state index contributed by atoms with van der Waals surface area (Å²) in [7, 11) is 1.66. The summed E-state index contributed by atoms with van der Waals surface area (Å²) in [6.07, 6.45) is 3.23. The molecule has 144 valence electrons. The molecule has 0 saturated carbocycles. The molecule has 1 N–H and O–H groups in total. The molecule has 7 nitrogen and oxygen atoms in total. The van der Waals surface area contributed by atoms with Crippen LogP contribution in [0.25, 0.3) is 0 Å². The first-order valence-electron chi connectivity index (χ1n) is 8.86. The van der Waals surface area contributed by atoms with Gasteiger partial charge in [0.05, 0.1) is 6.20 Å². The van der Waals surface area contributed by atoms with Crippen LogP contribution in [0.4, 0.5) is 0 Å². The van der Waals surface area contributed by atoms with Crippen LogP contribution in [-0.2, 0) is 13.6 Å². The van der Waals surface area contributed by atoms with Crippen molar-refractivity contribution in [3.05, 3.63) is 81.2 Å². The normalized spacial score (nSPS) is 10.6. The number of aryl methyl sites for hydroxylation is 2. The predicted molar refractivity (Wildman–Crippen MR) is 106 cm³/mol. The van der Waals surface area contributed by atoms with Crippen molar-refractivity contribution in [2.24, 2.45) is 7.05 Å². The zero-order valence-electron chi connectivity index (χ0n) is 16.3. The largest absolute Gasteiger partial charge is 0.437 e. The minimum Gasteiger partial charge on any atom is -0.437 e. The second kappa shape index (κ2) is 8.04. The van der Waals surface area contributed by atoms with E-state index in [9.17, 15) is 9.59 Å². The van der Waals surface area contributed by atoms with E-state index >= 15 is 0 Å². The molecule has 1 amide bonds. The van der Waals surface area contributed by atoms with E-state index in [2.05, 4.69) is 15.3 Å². The van der Waals surface area contributed by atoms with Crippen LogP contribution in [0.3, 0.4) is 0 Å². The third-order valence-corrected chi connectivity index (χ3v) is 4.60. The summed E-state index contributed by atoms with van der Waals surface area (Å²) in [5.74, 6) is 0.497. The Hall–Kier alpha value is -3.48. The Morgan fingerprint density at radius 1 is 1.18 bits per heavy atom. The number of pyridine rings is 3. The first-order chi connectivity index (χ1) is 13.4. The van der Waals surface area contributed by atoms with Crippen LogP contribution in [0.2, 0.25) is 0 Å². The molecular formula is C21H22N4O3. The Bertz CT molecular complexity index is 1070. The molecule has 0 radical (unpaired) electrons. The van der Waals surface area contributed by atoms with E-state index in [0.717, 1.165) is 17.0 Å². The maximum absolute atomic E-state index is 12.6. The third-order valence-electron chi connectivity index (χ3n) is 4.60. The summed E-state index contributed by atoms with van der Waals surface area (Å²) >= 11 is 0. The Kier molecular flexibility index (Phi) is 5.54. The van der Waals surface area contributed by atoms with Gasteiger partial charge in [0.15, 0.2) is 0 Å². The van der Waals surface area contributed by atoms with Gasteiger partial charge >= 0.3 is 0 Å². The third kappa shape index (κ3) is 4.09. The van der Waals surface area contributed by atoms with Crippen molar-refractivity contribution in [2.75, 3.05) is 0 Å². The van der Waals surface area contributed by atoms with Gasteiger partial charge in [0, 0.05) is 36.7 Å². The van der Waals surface area contributed by atoms with Crippen molar-refractivity contribution in [1.82, 2.24) is 19.9 Å². The van der Waals surface area contributed by atoms with Crippen LogP contribution in [0, 0.1) is 20.8 Å². The highest BCUT2D eigenvalue weighted by atomic mass is 16.5. The first-order valence-corrected chi connectivity index (χ1v) is 8.86. The molecule has 7 heteroatoms. The topological polar surface area (TPSA) is 86.1 Å². The van der Waals surface area contributed by atoms with Crippen LogP contribution < -0.4 is 15.6 Å². The summed E-state index contributed by atoms with van der Waals surface area (Å²) in [4.78, 5) is 33.4. The highest BCUT2D eigenvalue weighted by Crippen LogP contribution is 2.22. The SMILES string of the molecule is Cc1ccc(Oc2ncccc2CNC(=O)c2cc(C)c(C)n(C)c2=O)cn1. The summed E-state index contributed by atoms with van der Waals surface area (Å²) in [5, 5.41) is 2.78. The highest BCUT2D eigenvalue weighted by molar-refractivity contribution is 5.94. The lowest BCUT2D eigenvalue weighted by atomic mass is 10.1. The molecule has 28 heavy (non-hydrogen) atoms. The monoisotopic (exact) mass is 378 g/mol. The average Bonchev–Trinajstić information content (AvgIpc) is 2.70. The van der Waals surface area contributed by atoms with E-state index in [1.807, 2.05) is 32.9 Å². The second-order valence-electron chi connectivity index (χ2n) is 6.58. The van der Waals surface area contributed by atoms with E-state index < -0.39 is 5.91 Å². The number of nitrogens with zero attached hydrogens (tertiary/aromatic N) is 3. The molecule has 0 atom stereocenters.